The lowest BCUT2D eigenvalue weighted by molar-refractivity contribution is 0.0953. The predicted octanol–water partition coefficient (Wildman–Crippen LogP) is 2.96. The molecule has 0 radical (unpaired) electrons. The van der Waals surface area contributed by atoms with Crippen LogP contribution in [-0.4, -0.2) is 18.4 Å². The second-order valence-corrected chi connectivity index (χ2v) is 5.78. The summed E-state index contributed by atoms with van der Waals surface area (Å²) in [5.74, 6) is 1.93. The lowest BCUT2D eigenvalue weighted by Gasteiger charge is -2.26. The lowest BCUT2D eigenvalue weighted by Crippen LogP contribution is -2.29. The Morgan fingerprint density at radius 1 is 1.19 bits per heavy atom. The van der Waals surface area contributed by atoms with E-state index in [4.69, 9.17) is 9.47 Å². The first-order valence-corrected chi connectivity index (χ1v) is 7.42. The van der Waals surface area contributed by atoms with E-state index in [-0.39, 0.29) is 12.7 Å². The van der Waals surface area contributed by atoms with Crippen LogP contribution in [0.15, 0.2) is 23.3 Å². The molecule has 1 aromatic carbocycles. The molecule has 1 aliphatic heterocycles. The summed E-state index contributed by atoms with van der Waals surface area (Å²) in [6.45, 7) is 4.54. The van der Waals surface area contributed by atoms with Crippen molar-refractivity contribution in [1.29, 1.82) is 0 Å². The van der Waals surface area contributed by atoms with Gasteiger partial charge in [-0.1, -0.05) is 20.3 Å². The summed E-state index contributed by atoms with van der Waals surface area (Å²) in [6, 6.07) is 5.15. The average molecular weight is 288 g/mol. The van der Waals surface area contributed by atoms with Crippen LogP contribution in [0.1, 0.15) is 43.5 Å². The number of hydrazone groups is 1. The van der Waals surface area contributed by atoms with Crippen LogP contribution < -0.4 is 14.9 Å². The molecule has 0 spiro atoms. The Labute approximate surface area is 124 Å². The maximum atomic E-state index is 12.2. The molecule has 3 rings (SSSR count). The van der Waals surface area contributed by atoms with E-state index in [1.54, 1.807) is 18.2 Å². The molecule has 5 nitrogen and oxygen atoms in total. The maximum Gasteiger partial charge on any atom is 0.271 e. The Kier molecular flexibility index (Phi) is 3.82. The number of ether oxygens (including phenoxy) is 2. The summed E-state index contributed by atoms with van der Waals surface area (Å²) in [7, 11) is 0. The van der Waals surface area contributed by atoms with Crippen LogP contribution in [0.25, 0.3) is 0 Å². The van der Waals surface area contributed by atoms with Gasteiger partial charge in [0.15, 0.2) is 11.5 Å². The second kappa shape index (κ2) is 5.76. The van der Waals surface area contributed by atoms with E-state index >= 15 is 0 Å². The van der Waals surface area contributed by atoms with Gasteiger partial charge >= 0.3 is 0 Å². The van der Waals surface area contributed by atoms with Gasteiger partial charge < -0.3 is 9.47 Å². The number of fused-ring (bicyclic) bond motifs is 1. The molecule has 0 aromatic heterocycles. The van der Waals surface area contributed by atoms with Gasteiger partial charge in [0.1, 0.15) is 0 Å². The zero-order valence-electron chi connectivity index (χ0n) is 12.4. The number of amides is 1. The molecule has 0 bridgehead atoms. The minimum Gasteiger partial charge on any atom is -0.454 e. The van der Waals surface area contributed by atoms with E-state index in [2.05, 4.69) is 24.4 Å². The van der Waals surface area contributed by atoms with Crippen LogP contribution in [0.2, 0.25) is 0 Å². The number of nitrogens with zero attached hydrogens (tertiary/aromatic N) is 1. The summed E-state index contributed by atoms with van der Waals surface area (Å²) in [5.41, 5.74) is 4.29. The van der Waals surface area contributed by atoms with Gasteiger partial charge in [-0.25, -0.2) is 5.43 Å². The van der Waals surface area contributed by atoms with E-state index < -0.39 is 0 Å². The SMILES string of the molecule is C[C@H]1CCC[C@H](C)C1=NNC(=O)c1ccc2c(c1)OCO2. The highest BCUT2D eigenvalue weighted by Crippen LogP contribution is 2.32. The Hall–Kier alpha value is -2.04. The van der Waals surface area contributed by atoms with Gasteiger partial charge in [0.2, 0.25) is 6.79 Å². The molecule has 5 heteroatoms. The highest BCUT2D eigenvalue weighted by Gasteiger charge is 2.23. The summed E-state index contributed by atoms with van der Waals surface area (Å²) in [5, 5.41) is 4.36. The highest BCUT2D eigenvalue weighted by molar-refractivity contribution is 5.96. The van der Waals surface area contributed by atoms with Crippen LogP contribution in [0.4, 0.5) is 0 Å². The lowest BCUT2D eigenvalue weighted by atomic mass is 9.81. The molecule has 0 saturated heterocycles. The molecule has 1 saturated carbocycles. The summed E-state index contributed by atoms with van der Waals surface area (Å²) in [6.07, 6.45) is 3.52. The summed E-state index contributed by atoms with van der Waals surface area (Å²) < 4.78 is 10.5. The zero-order chi connectivity index (χ0) is 14.8. The molecule has 2 aliphatic rings. The minimum atomic E-state index is -0.217. The summed E-state index contributed by atoms with van der Waals surface area (Å²) in [4.78, 5) is 12.2. The number of carbonyl (C=O) groups is 1. The fourth-order valence-electron chi connectivity index (χ4n) is 2.95. The first-order chi connectivity index (χ1) is 10.1. The van der Waals surface area contributed by atoms with Crippen molar-refractivity contribution in [2.45, 2.75) is 33.1 Å². The topological polar surface area (TPSA) is 59.9 Å². The standard InChI is InChI=1S/C16H20N2O3/c1-10-4-3-5-11(2)15(10)17-18-16(19)12-6-7-13-14(8-12)21-9-20-13/h6-8,10-11H,3-5,9H2,1-2H3,(H,18,19)/t10-,11-/m0/s1. The third kappa shape index (κ3) is 2.86. The molecule has 2 atom stereocenters. The van der Waals surface area contributed by atoms with Crippen molar-refractivity contribution in [3.63, 3.8) is 0 Å². The molecule has 1 aromatic rings. The molecule has 1 heterocycles. The average Bonchev–Trinajstić information content (AvgIpc) is 2.93. The van der Waals surface area contributed by atoms with Crippen molar-refractivity contribution < 1.29 is 14.3 Å². The molecular weight excluding hydrogens is 268 g/mol. The monoisotopic (exact) mass is 288 g/mol. The van der Waals surface area contributed by atoms with Crippen molar-refractivity contribution in [2.24, 2.45) is 16.9 Å². The fraction of sp³-hybridized carbons (Fsp3) is 0.500. The normalized spacial score (nSPS) is 23.8. The van der Waals surface area contributed by atoms with Crippen molar-refractivity contribution in [3.05, 3.63) is 23.8 Å². The number of hydrogen-bond acceptors (Lipinski definition) is 4. The zero-order valence-corrected chi connectivity index (χ0v) is 12.4. The number of hydrogen-bond donors (Lipinski definition) is 1. The van der Waals surface area contributed by atoms with Gasteiger partial charge in [0.25, 0.3) is 5.91 Å². The van der Waals surface area contributed by atoms with Crippen LogP contribution in [0.3, 0.4) is 0 Å². The van der Waals surface area contributed by atoms with E-state index in [1.165, 1.54) is 6.42 Å². The first-order valence-electron chi connectivity index (χ1n) is 7.42. The molecule has 1 amide bonds. The maximum absolute atomic E-state index is 12.2. The van der Waals surface area contributed by atoms with Gasteiger partial charge in [-0.05, 0) is 42.9 Å². The molecular formula is C16H20N2O3. The predicted molar refractivity (Wildman–Crippen MR) is 79.6 cm³/mol. The van der Waals surface area contributed by atoms with Crippen LogP contribution >= 0.6 is 0 Å². The quantitative estimate of drug-likeness (QED) is 0.851. The van der Waals surface area contributed by atoms with Gasteiger partial charge in [-0.15, -0.1) is 0 Å². The molecule has 0 unspecified atom stereocenters. The van der Waals surface area contributed by atoms with Crippen LogP contribution in [0.5, 0.6) is 11.5 Å². The Balaban J connectivity index is 1.71. The fourth-order valence-corrected chi connectivity index (χ4v) is 2.95. The number of nitrogens with one attached hydrogen (secondary N) is 1. The van der Waals surface area contributed by atoms with Crippen molar-refractivity contribution in [1.82, 2.24) is 5.43 Å². The minimum absolute atomic E-state index is 0.206. The molecule has 112 valence electrons. The third-order valence-corrected chi connectivity index (χ3v) is 4.21. The van der Waals surface area contributed by atoms with Crippen molar-refractivity contribution in [2.75, 3.05) is 6.79 Å². The Morgan fingerprint density at radius 3 is 2.67 bits per heavy atom. The van der Waals surface area contributed by atoms with Gasteiger partial charge in [-0.3, -0.25) is 4.79 Å². The molecule has 21 heavy (non-hydrogen) atoms. The summed E-state index contributed by atoms with van der Waals surface area (Å²) >= 11 is 0. The van der Waals surface area contributed by atoms with Crippen LogP contribution in [0, 0.1) is 11.8 Å². The van der Waals surface area contributed by atoms with Crippen molar-refractivity contribution >= 4 is 11.6 Å². The highest BCUT2D eigenvalue weighted by atomic mass is 16.7. The number of rotatable bonds is 2. The number of benzene rings is 1. The second-order valence-electron chi connectivity index (χ2n) is 5.78. The Morgan fingerprint density at radius 2 is 1.90 bits per heavy atom. The first kappa shape index (κ1) is 13.9. The number of carbonyl (C=O) groups excluding carboxylic acids is 1. The van der Waals surface area contributed by atoms with E-state index in [1.807, 2.05) is 0 Å². The largest absolute Gasteiger partial charge is 0.454 e. The van der Waals surface area contributed by atoms with Gasteiger partial charge in [0.05, 0.1) is 0 Å². The smallest absolute Gasteiger partial charge is 0.271 e. The molecule has 1 aliphatic carbocycles. The third-order valence-electron chi connectivity index (χ3n) is 4.21. The van der Waals surface area contributed by atoms with Crippen molar-refractivity contribution in [3.8, 4) is 11.5 Å². The van der Waals surface area contributed by atoms with E-state index in [9.17, 15) is 4.79 Å². The van der Waals surface area contributed by atoms with Gasteiger partial charge in [0, 0.05) is 11.3 Å². The van der Waals surface area contributed by atoms with Gasteiger partial charge in [-0.2, -0.15) is 5.10 Å². The van der Waals surface area contributed by atoms with E-state index in [0.29, 0.717) is 28.9 Å². The van der Waals surface area contributed by atoms with E-state index in [0.717, 1.165) is 18.6 Å². The Bertz CT molecular complexity index is 571. The molecule has 1 fully saturated rings. The van der Waals surface area contributed by atoms with Crippen LogP contribution in [-0.2, 0) is 0 Å². The molecule has 1 N–H and O–H groups in total.